The Balaban J connectivity index is 1.59. The fourth-order valence-corrected chi connectivity index (χ4v) is 5.15. The number of nitrogens with zero attached hydrogens (tertiary/aromatic N) is 5. The van der Waals surface area contributed by atoms with Crippen molar-refractivity contribution in [1.82, 2.24) is 20.0 Å². The van der Waals surface area contributed by atoms with Crippen molar-refractivity contribution >= 4 is 17.4 Å². The molecule has 156 valence electrons. The van der Waals surface area contributed by atoms with Gasteiger partial charge in [-0.25, -0.2) is 0 Å². The van der Waals surface area contributed by atoms with Crippen LogP contribution in [0, 0.1) is 11.3 Å². The number of carbonyl (C=O) groups excluding carboxylic acids is 1. The second-order valence-corrected chi connectivity index (χ2v) is 8.58. The molecule has 1 N–H and O–H groups in total. The average Bonchev–Trinajstić information content (AvgIpc) is 3.17. The van der Waals surface area contributed by atoms with Crippen molar-refractivity contribution < 1.29 is 4.79 Å². The van der Waals surface area contributed by atoms with E-state index in [1.54, 1.807) is 6.92 Å². The van der Waals surface area contributed by atoms with Crippen LogP contribution in [0.1, 0.15) is 54.6 Å². The Morgan fingerprint density at radius 1 is 1.23 bits per heavy atom. The van der Waals surface area contributed by atoms with Gasteiger partial charge in [-0.1, -0.05) is 0 Å². The van der Waals surface area contributed by atoms with E-state index in [4.69, 9.17) is 5.10 Å². The fourth-order valence-electron chi connectivity index (χ4n) is 5.15. The molecule has 7 nitrogen and oxygen atoms in total. The van der Waals surface area contributed by atoms with E-state index in [0.29, 0.717) is 18.2 Å². The van der Waals surface area contributed by atoms with Gasteiger partial charge in [0, 0.05) is 43.4 Å². The third-order valence-corrected chi connectivity index (χ3v) is 6.75. The van der Waals surface area contributed by atoms with Crippen molar-refractivity contribution in [3.63, 3.8) is 0 Å². The van der Waals surface area contributed by atoms with Crippen LogP contribution in [0.4, 0.5) is 11.5 Å². The van der Waals surface area contributed by atoms with Crippen LogP contribution in [0.15, 0.2) is 18.2 Å². The monoisotopic (exact) mass is 404 g/mol. The lowest BCUT2D eigenvalue weighted by Gasteiger charge is -2.32. The number of nitriles is 1. The molecule has 0 spiro atoms. The molecule has 1 saturated heterocycles. The van der Waals surface area contributed by atoms with Crippen molar-refractivity contribution in [3.8, 4) is 6.07 Å². The lowest BCUT2D eigenvalue weighted by Crippen LogP contribution is -2.36. The lowest BCUT2D eigenvalue weighted by molar-refractivity contribution is -0.129. The predicted molar refractivity (Wildman–Crippen MR) is 115 cm³/mol. The quantitative estimate of drug-likeness (QED) is 0.833. The highest BCUT2D eigenvalue weighted by atomic mass is 16.2. The third kappa shape index (κ3) is 3.25. The molecule has 0 bridgehead atoms. The molecule has 0 radical (unpaired) electrons. The molecule has 7 heteroatoms. The van der Waals surface area contributed by atoms with Gasteiger partial charge in [0.15, 0.2) is 5.82 Å². The van der Waals surface area contributed by atoms with E-state index in [-0.39, 0.29) is 5.91 Å². The summed E-state index contributed by atoms with van der Waals surface area (Å²) in [6, 6.07) is 8.65. The Hall–Kier alpha value is -2.85. The highest BCUT2D eigenvalue weighted by Gasteiger charge is 2.33. The summed E-state index contributed by atoms with van der Waals surface area (Å²) in [5, 5.41) is 17.9. The number of aromatic nitrogens is 2. The van der Waals surface area contributed by atoms with Crippen LogP contribution in [0.2, 0.25) is 0 Å². The van der Waals surface area contributed by atoms with E-state index >= 15 is 0 Å². The van der Waals surface area contributed by atoms with Crippen molar-refractivity contribution in [1.29, 1.82) is 5.26 Å². The molecule has 1 fully saturated rings. The van der Waals surface area contributed by atoms with Crippen molar-refractivity contribution in [2.45, 2.75) is 51.6 Å². The summed E-state index contributed by atoms with van der Waals surface area (Å²) in [6.45, 7) is 6.01. The topological polar surface area (TPSA) is 77.2 Å². The molecule has 5 rings (SSSR count). The maximum absolute atomic E-state index is 12.1. The highest BCUT2D eigenvalue weighted by Crippen LogP contribution is 2.39. The molecule has 1 aromatic heterocycles. The minimum Gasteiger partial charge on any atom is -0.338 e. The van der Waals surface area contributed by atoms with Crippen LogP contribution < -0.4 is 10.2 Å². The SMILES string of the molecule is CC(=O)N1CCc2c(c(N3CCCc4cc(C#N)ccc43)nn2C2CCNCC2)C1. The number of amides is 1. The molecule has 30 heavy (non-hydrogen) atoms. The molecular formula is C23H28N6O. The molecule has 0 aliphatic carbocycles. The number of benzene rings is 1. The van der Waals surface area contributed by atoms with Crippen LogP contribution in [0.25, 0.3) is 0 Å². The van der Waals surface area contributed by atoms with Gasteiger partial charge < -0.3 is 15.1 Å². The lowest BCUT2D eigenvalue weighted by atomic mass is 9.98. The molecule has 4 heterocycles. The second kappa shape index (κ2) is 7.77. The Bertz CT molecular complexity index is 1010. The number of carbonyl (C=O) groups is 1. The zero-order chi connectivity index (χ0) is 20.7. The standard InChI is InChI=1S/C23H28N6O/c1-16(30)27-12-8-22-20(15-27)23(26-29(22)19-6-9-25-10-7-19)28-11-2-3-18-13-17(14-24)4-5-21(18)28/h4-5,13,19,25H,2-3,6-12,15H2,1H3. The number of piperidine rings is 1. The minimum atomic E-state index is 0.124. The third-order valence-electron chi connectivity index (χ3n) is 6.75. The first kappa shape index (κ1) is 19.1. The summed E-state index contributed by atoms with van der Waals surface area (Å²) in [7, 11) is 0. The van der Waals surface area contributed by atoms with Gasteiger partial charge >= 0.3 is 0 Å². The van der Waals surface area contributed by atoms with Gasteiger partial charge in [0.05, 0.1) is 24.2 Å². The number of anilines is 2. The van der Waals surface area contributed by atoms with E-state index in [2.05, 4.69) is 27.0 Å². The molecule has 3 aliphatic rings. The Labute approximate surface area is 177 Å². The number of hydrogen-bond donors (Lipinski definition) is 1. The number of aryl methyl sites for hydroxylation is 1. The number of nitrogens with one attached hydrogen (secondary N) is 1. The highest BCUT2D eigenvalue weighted by molar-refractivity contribution is 5.75. The van der Waals surface area contributed by atoms with Gasteiger partial charge in [0.1, 0.15) is 0 Å². The van der Waals surface area contributed by atoms with Gasteiger partial charge in [-0.05, 0) is 62.5 Å². The van der Waals surface area contributed by atoms with Crippen LogP contribution in [-0.4, -0.2) is 46.8 Å². The summed E-state index contributed by atoms with van der Waals surface area (Å²) in [4.78, 5) is 16.4. The van der Waals surface area contributed by atoms with Crippen LogP contribution in [0.3, 0.4) is 0 Å². The number of rotatable bonds is 2. The molecular weight excluding hydrogens is 376 g/mol. The molecule has 3 aliphatic heterocycles. The first-order valence-electron chi connectivity index (χ1n) is 11.0. The van der Waals surface area contributed by atoms with Crippen LogP contribution in [0.5, 0.6) is 0 Å². The number of hydrogen-bond acceptors (Lipinski definition) is 5. The smallest absolute Gasteiger partial charge is 0.219 e. The van der Waals surface area contributed by atoms with Crippen molar-refractivity contribution in [2.24, 2.45) is 0 Å². The van der Waals surface area contributed by atoms with E-state index in [0.717, 1.165) is 69.8 Å². The second-order valence-electron chi connectivity index (χ2n) is 8.58. The predicted octanol–water partition coefficient (Wildman–Crippen LogP) is 2.67. The van der Waals surface area contributed by atoms with E-state index in [1.165, 1.54) is 16.8 Å². The number of fused-ring (bicyclic) bond motifs is 2. The van der Waals surface area contributed by atoms with E-state index in [9.17, 15) is 10.1 Å². The summed E-state index contributed by atoms with van der Waals surface area (Å²) < 4.78 is 2.28. The molecule has 0 atom stereocenters. The van der Waals surface area contributed by atoms with Gasteiger partial charge in [-0.3, -0.25) is 9.48 Å². The normalized spacial score (nSPS) is 19.2. The van der Waals surface area contributed by atoms with Gasteiger partial charge in [-0.2, -0.15) is 10.4 Å². The van der Waals surface area contributed by atoms with E-state index in [1.807, 2.05) is 17.0 Å². The largest absolute Gasteiger partial charge is 0.338 e. The first-order chi connectivity index (χ1) is 14.7. The van der Waals surface area contributed by atoms with Crippen LogP contribution >= 0.6 is 0 Å². The molecule has 1 amide bonds. The molecule has 0 unspecified atom stereocenters. The van der Waals surface area contributed by atoms with Gasteiger partial charge in [-0.15, -0.1) is 0 Å². The average molecular weight is 405 g/mol. The summed E-state index contributed by atoms with van der Waals surface area (Å²) in [5.74, 6) is 1.12. The zero-order valence-electron chi connectivity index (χ0n) is 17.5. The fraction of sp³-hybridized carbons (Fsp3) is 0.522. The zero-order valence-corrected chi connectivity index (χ0v) is 17.5. The van der Waals surface area contributed by atoms with Gasteiger partial charge in [0.2, 0.25) is 5.91 Å². The molecule has 1 aromatic carbocycles. The van der Waals surface area contributed by atoms with Gasteiger partial charge in [0.25, 0.3) is 0 Å². The Morgan fingerprint density at radius 3 is 2.83 bits per heavy atom. The summed E-state index contributed by atoms with van der Waals surface area (Å²) in [5.41, 5.74) is 5.57. The van der Waals surface area contributed by atoms with E-state index < -0.39 is 0 Å². The molecule has 2 aromatic rings. The molecule has 0 saturated carbocycles. The van der Waals surface area contributed by atoms with Crippen molar-refractivity contribution in [3.05, 3.63) is 40.6 Å². The first-order valence-corrected chi connectivity index (χ1v) is 11.0. The van der Waals surface area contributed by atoms with Crippen molar-refractivity contribution in [2.75, 3.05) is 31.1 Å². The Morgan fingerprint density at radius 2 is 2.07 bits per heavy atom. The summed E-state index contributed by atoms with van der Waals surface area (Å²) >= 11 is 0. The maximum Gasteiger partial charge on any atom is 0.219 e. The Kier molecular flexibility index (Phi) is 4.95. The summed E-state index contributed by atoms with van der Waals surface area (Å²) in [6.07, 6.45) is 5.06. The minimum absolute atomic E-state index is 0.124. The van der Waals surface area contributed by atoms with Crippen LogP contribution in [-0.2, 0) is 24.2 Å². The maximum atomic E-state index is 12.1.